The van der Waals surface area contributed by atoms with E-state index < -0.39 is 0 Å². The molecular formula is C9H15N3O. The van der Waals surface area contributed by atoms with Crippen LogP contribution in [0, 0.1) is 5.92 Å². The maximum atomic E-state index is 8.63. The molecule has 1 heterocycles. The average Bonchev–Trinajstić information content (AvgIpc) is 2.81. The van der Waals surface area contributed by atoms with E-state index >= 15 is 0 Å². The highest BCUT2D eigenvalue weighted by molar-refractivity contribution is 4.92. The molecule has 1 aromatic heterocycles. The molecule has 0 radical (unpaired) electrons. The van der Waals surface area contributed by atoms with Crippen LogP contribution in [0.5, 0.6) is 0 Å². The van der Waals surface area contributed by atoms with Gasteiger partial charge in [0.2, 0.25) is 0 Å². The van der Waals surface area contributed by atoms with Crippen LogP contribution in [0.1, 0.15) is 25.0 Å². The molecular weight excluding hydrogens is 166 g/mol. The molecule has 0 unspecified atom stereocenters. The van der Waals surface area contributed by atoms with Crippen molar-refractivity contribution in [3.05, 3.63) is 11.9 Å². The van der Waals surface area contributed by atoms with Gasteiger partial charge in [-0.2, -0.15) is 0 Å². The summed E-state index contributed by atoms with van der Waals surface area (Å²) in [7, 11) is 0. The van der Waals surface area contributed by atoms with Crippen LogP contribution < -0.4 is 0 Å². The topological polar surface area (TPSA) is 50.9 Å². The molecule has 1 aliphatic rings. The Hall–Kier alpha value is -0.900. The van der Waals surface area contributed by atoms with Crippen molar-refractivity contribution < 1.29 is 5.11 Å². The third kappa shape index (κ3) is 2.52. The van der Waals surface area contributed by atoms with Gasteiger partial charge in [-0.15, -0.1) is 5.10 Å². The van der Waals surface area contributed by atoms with Crippen LogP contribution in [0.15, 0.2) is 6.20 Å². The summed E-state index contributed by atoms with van der Waals surface area (Å²) in [5.41, 5.74) is 0.995. The summed E-state index contributed by atoms with van der Waals surface area (Å²) in [6.07, 6.45) is 6.29. The zero-order valence-corrected chi connectivity index (χ0v) is 7.69. The lowest BCUT2D eigenvalue weighted by Gasteiger charge is -1.94. The highest BCUT2D eigenvalue weighted by Crippen LogP contribution is 2.30. The largest absolute Gasteiger partial charge is 0.396 e. The van der Waals surface area contributed by atoms with Crippen LogP contribution in [-0.4, -0.2) is 26.7 Å². The molecule has 4 nitrogen and oxygen atoms in total. The lowest BCUT2D eigenvalue weighted by Crippen LogP contribution is -1.99. The van der Waals surface area contributed by atoms with Gasteiger partial charge in [-0.25, -0.2) is 0 Å². The Morgan fingerprint density at radius 1 is 1.54 bits per heavy atom. The SMILES string of the molecule is OCCCc1cn(CC2CC2)nn1. The average molecular weight is 181 g/mol. The monoisotopic (exact) mass is 181 g/mol. The number of hydrogen-bond donors (Lipinski definition) is 1. The van der Waals surface area contributed by atoms with Crippen molar-refractivity contribution >= 4 is 0 Å². The van der Waals surface area contributed by atoms with E-state index in [1.54, 1.807) is 0 Å². The van der Waals surface area contributed by atoms with E-state index in [2.05, 4.69) is 10.3 Å². The van der Waals surface area contributed by atoms with Gasteiger partial charge in [0.15, 0.2) is 0 Å². The van der Waals surface area contributed by atoms with E-state index in [9.17, 15) is 0 Å². The second-order valence-electron chi connectivity index (χ2n) is 3.70. The minimum atomic E-state index is 0.232. The van der Waals surface area contributed by atoms with Gasteiger partial charge < -0.3 is 5.11 Å². The van der Waals surface area contributed by atoms with E-state index in [-0.39, 0.29) is 6.61 Å². The predicted molar refractivity (Wildman–Crippen MR) is 48.2 cm³/mol. The van der Waals surface area contributed by atoms with Gasteiger partial charge in [0, 0.05) is 19.3 Å². The Labute approximate surface area is 77.6 Å². The summed E-state index contributed by atoms with van der Waals surface area (Å²) < 4.78 is 1.92. The molecule has 1 aliphatic carbocycles. The van der Waals surface area contributed by atoms with Crippen molar-refractivity contribution in [3.63, 3.8) is 0 Å². The Balaban J connectivity index is 1.84. The minimum Gasteiger partial charge on any atom is -0.396 e. The predicted octanol–water partition coefficient (Wildman–Crippen LogP) is 0.613. The lowest BCUT2D eigenvalue weighted by atomic mass is 10.3. The van der Waals surface area contributed by atoms with E-state index in [1.165, 1.54) is 12.8 Å². The summed E-state index contributed by atoms with van der Waals surface area (Å²) in [5.74, 6) is 0.840. The first-order chi connectivity index (χ1) is 6.38. The maximum Gasteiger partial charge on any atom is 0.0828 e. The molecule has 0 amide bonds. The van der Waals surface area contributed by atoms with Crippen molar-refractivity contribution in [3.8, 4) is 0 Å². The molecule has 4 heteroatoms. The Bertz CT molecular complexity index is 268. The molecule has 1 aromatic rings. The number of rotatable bonds is 5. The molecule has 1 fully saturated rings. The van der Waals surface area contributed by atoms with Crippen LogP contribution >= 0.6 is 0 Å². The Kier molecular flexibility index (Phi) is 2.59. The number of aryl methyl sites for hydroxylation is 1. The molecule has 13 heavy (non-hydrogen) atoms. The standard InChI is InChI=1S/C9H15N3O/c13-5-1-2-9-7-12(11-10-9)6-8-3-4-8/h7-8,13H,1-6H2. The first-order valence-electron chi connectivity index (χ1n) is 4.88. The molecule has 0 aromatic carbocycles. The van der Waals surface area contributed by atoms with Crippen molar-refractivity contribution in [1.29, 1.82) is 0 Å². The zero-order valence-electron chi connectivity index (χ0n) is 7.69. The number of hydrogen-bond acceptors (Lipinski definition) is 3. The fraction of sp³-hybridized carbons (Fsp3) is 0.778. The normalized spacial score (nSPS) is 16.4. The van der Waals surface area contributed by atoms with Gasteiger partial charge in [-0.05, 0) is 31.6 Å². The molecule has 0 aliphatic heterocycles. The highest BCUT2D eigenvalue weighted by Gasteiger charge is 2.22. The summed E-state index contributed by atoms with van der Waals surface area (Å²) in [6.45, 7) is 1.25. The number of aromatic nitrogens is 3. The van der Waals surface area contributed by atoms with Crippen molar-refractivity contribution in [2.24, 2.45) is 5.92 Å². The Morgan fingerprint density at radius 2 is 2.38 bits per heavy atom. The number of nitrogens with zero attached hydrogens (tertiary/aromatic N) is 3. The van der Waals surface area contributed by atoms with Crippen LogP contribution in [0.3, 0.4) is 0 Å². The molecule has 0 atom stereocenters. The molecule has 0 spiro atoms. The lowest BCUT2D eigenvalue weighted by molar-refractivity contribution is 0.288. The molecule has 1 N–H and O–H groups in total. The van der Waals surface area contributed by atoms with E-state index in [1.807, 2.05) is 10.9 Å². The maximum absolute atomic E-state index is 8.63. The number of aliphatic hydroxyl groups excluding tert-OH is 1. The van der Waals surface area contributed by atoms with Crippen molar-refractivity contribution in [1.82, 2.24) is 15.0 Å². The van der Waals surface area contributed by atoms with Gasteiger partial charge in [0.25, 0.3) is 0 Å². The summed E-state index contributed by atoms with van der Waals surface area (Å²) in [5, 5.41) is 16.7. The van der Waals surface area contributed by atoms with Gasteiger partial charge in [-0.3, -0.25) is 4.68 Å². The van der Waals surface area contributed by atoms with E-state index in [0.29, 0.717) is 0 Å². The summed E-state index contributed by atoms with van der Waals surface area (Å²) in [4.78, 5) is 0. The fourth-order valence-corrected chi connectivity index (χ4v) is 1.37. The molecule has 72 valence electrons. The van der Waals surface area contributed by atoms with Crippen LogP contribution in [-0.2, 0) is 13.0 Å². The second-order valence-corrected chi connectivity index (χ2v) is 3.70. The van der Waals surface area contributed by atoms with Gasteiger partial charge >= 0.3 is 0 Å². The van der Waals surface area contributed by atoms with Crippen LogP contribution in [0.4, 0.5) is 0 Å². The first kappa shape index (κ1) is 8.69. The third-order valence-electron chi connectivity index (χ3n) is 2.32. The van der Waals surface area contributed by atoms with E-state index in [4.69, 9.17) is 5.11 Å². The quantitative estimate of drug-likeness (QED) is 0.724. The molecule has 1 saturated carbocycles. The summed E-state index contributed by atoms with van der Waals surface area (Å²) >= 11 is 0. The van der Waals surface area contributed by atoms with E-state index in [0.717, 1.165) is 31.0 Å². The zero-order chi connectivity index (χ0) is 9.10. The smallest absolute Gasteiger partial charge is 0.0828 e. The molecule has 0 saturated heterocycles. The third-order valence-corrected chi connectivity index (χ3v) is 2.32. The minimum absolute atomic E-state index is 0.232. The highest BCUT2D eigenvalue weighted by atomic mass is 16.2. The second kappa shape index (κ2) is 3.87. The van der Waals surface area contributed by atoms with Crippen LogP contribution in [0.25, 0.3) is 0 Å². The molecule has 2 rings (SSSR count). The van der Waals surface area contributed by atoms with Gasteiger partial charge in [-0.1, -0.05) is 5.21 Å². The fourth-order valence-electron chi connectivity index (χ4n) is 1.37. The van der Waals surface area contributed by atoms with Gasteiger partial charge in [0.1, 0.15) is 0 Å². The first-order valence-corrected chi connectivity index (χ1v) is 4.88. The van der Waals surface area contributed by atoms with Crippen LogP contribution in [0.2, 0.25) is 0 Å². The Morgan fingerprint density at radius 3 is 3.08 bits per heavy atom. The van der Waals surface area contributed by atoms with Crippen molar-refractivity contribution in [2.45, 2.75) is 32.2 Å². The van der Waals surface area contributed by atoms with Crippen molar-refractivity contribution in [2.75, 3.05) is 6.61 Å². The molecule has 0 bridgehead atoms. The summed E-state index contributed by atoms with van der Waals surface area (Å²) in [6, 6.07) is 0. The van der Waals surface area contributed by atoms with Gasteiger partial charge in [0.05, 0.1) is 5.69 Å². The number of aliphatic hydroxyl groups is 1.